The van der Waals surface area contributed by atoms with Crippen LogP contribution in [0.5, 0.6) is 0 Å². The van der Waals surface area contributed by atoms with Gasteiger partial charge in [0, 0.05) is 5.69 Å². The molecule has 3 rings (SSSR count). The number of carbonyl (C=O) groups is 2. The maximum Gasteiger partial charge on any atom is 0.253 e. The van der Waals surface area contributed by atoms with Gasteiger partial charge in [0.1, 0.15) is 12.1 Å². The predicted octanol–water partition coefficient (Wildman–Crippen LogP) is 1.63. The molecule has 1 aromatic carbocycles. The van der Waals surface area contributed by atoms with E-state index in [1.807, 2.05) is 38.1 Å². The topological polar surface area (TPSA) is 49.4 Å². The van der Waals surface area contributed by atoms with Crippen LogP contribution in [0.2, 0.25) is 0 Å². The fourth-order valence-corrected chi connectivity index (χ4v) is 2.82. The van der Waals surface area contributed by atoms with E-state index in [0.29, 0.717) is 0 Å². The summed E-state index contributed by atoms with van der Waals surface area (Å²) in [5.41, 5.74) is 1.18. The standard InChI is InChI=1S/C15H18N2O2/c1-10-4-3-5-12(8-10)17-9-13(18)16-15(2,14(17)19)11-6-7-11/h3-5,8,11H,6-7,9H2,1-2H3,(H,16,18). The Kier molecular flexibility index (Phi) is 2.62. The Bertz CT molecular complexity index is 551. The van der Waals surface area contributed by atoms with E-state index in [0.717, 1.165) is 24.1 Å². The fourth-order valence-electron chi connectivity index (χ4n) is 2.82. The minimum Gasteiger partial charge on any atom is -0.340 e. The van der Waals surface area contributed by atoms with Gasteiger partial charge in [-0.05, 0) is 50.3 Å². The molecular weight excluding hydrogens is 240 g/mol. The highest BCUT2D eigenvalue weighted by molar-refractivity contribution is 6.09. The third kappa shape index (κ3) is 2.01. The molecule has 2 fully saturated rings. The first-order chi connectivity index (χ1) is 9.00. The normalized spacial score (nSPS) is 27.4. The molecule has 2 aliphatic rings. The lowest BCUT2D eigenvalue weighted by Crippen LogP contribution is -2.66. The third-order valence-electron chi connectivity index (χ3n) is 4.10. The summed E-state index contributed by atoms with van der Waals surface area (Å²) in [6, 6.07) is 7.73. The highest BCUT2D eigenvalue weighted by atomic mass is 16.2. The Morgan fingerprint density at radius 2 is 2.05 bits per heavy atom. The lowest BCUT2D eigenvalue weighted by molar-refractivity contribution is -0.136. The van der Waals surface area contributed by atoms with E-state index in [-0.39, 0.29) is 24.3 Å². The van der Waals surface area contributed by atoms with Crippen molar-refractivity contribution in [2.75, 3.05) is 11.4 Å². The van der Waals surface area contributed by atoms with E-state index < -0.39 is 5.54 Å². The van der Waals surface area contributed by atoms with Crippen LogP contribution in [0.3, 0.4) is 0 Å². The van der Waals surface area contributed by atoms with E-state index in [9.17, 15) is 9.59 Å². The molecule has 1 heterocycles. The van der Waals surface area contributed by atoms with Crippen molar-refractivity contribution >= 4 is 17.5 Å². The summed E-state index contributed by atoms with van der Waals surface area (Å²) in [5.74, 6) is 0.229. The van der Waals surface area contributed by atoms with Gasteiger partial charge in [0.2, 0.25) is 5.91 Å². The van der Waals surface area contributed by atoms with Crippen molar-refractivity contribution in [2.45, 2.75) is 32.2 Å². The number of nitrogens with zero attached hydrogens (tertiary/aromatic N) is 1. The second-order valence-corrected chi connectivity index (χ2v) is 5.76. The molecule has 1 aromatic rings. The quantitative estimate of drug-likeness (QED) is 0.876. The molecule has 19 heavy (non-hydrogen) atoms. The Labute approximate surface area is 112 Å². The van der Waals surface area contributed by atoms with Gasteiger partial charge in [-0.3, -0.25) is 9.59 Å². The van der Waals surface area contributed by atoms with Gasteiger partial charge in [-0.25, -0.2) is 0 Å². The maximum absolute atomic E-state index is 12.7. The Balaban J connectivity index is 1.96. The Hall–Kier alpha value is -1.84. The van der Waals surface area contributed by atoms with Crippen molar-refractivity contribution in [1.82, 2.24) is 5.32 Å². The molecule has 0 bridgehead atoms. The lowest BCUT2D eigenvalue weighted by Gasteiger charge is -2.40. The second kappa shape index (κ2) is 4.08. The first kappa shape index (κ1) is 12.2. The molecule has 100 valence electrons. The van der Waals surface area contributed by atoms with Crippen molar-refractivity contribution in [3.05, 3.63) is 29.8 Å². The molecule has 1 saturated heterocycles. The van der Waals surface area contributed by atoms with Crippen LogP contribution in [0.15, 0.2) is 24.3 Å². The molecule has 0 spiro atoms. The lowest BCUT2D eigenvalue weighted by atomic mass is 9.91. The summed E-state index contributed by atoms with van der Waals surface area (Å²) >= 11 is 0. The fraction of sp³-hybridized carbons (Fsp3) is 0.467. The zero-order valence-corrected chi connectivity index (χ0v) is 11.3. The molecule has 1 saturated carbocycles. The van der Waals surface area contributed by atoms with Gasteiger partial charge in [-0.2, -0.15) is 0 Å². The van der Waals surface area contributed by atoms with E-state index >= 15 is 0 Å². The summed E-state index contributed by atoms with van der Waals surface area (Å²) in [6.45, 7) is 3.95. The molecular formula is C15H18N2O2. The van der Waals surface area contributed by atoms with Gasteiger partial charge in [0.25, 0.3) is 5.91 Å². The number of nitrogens with one attached hydrogen (secondary N) is 1. The zero-order valence-electron chi connectivity index (χ0n) is 11.3. The molecule has 4 heteroatoms. The van der Waals surface area contributed by atoms with Crippen LogP contribution in [0.1, 0.15) is 25.3 Å². The zero-order chi connectivity index (χ0) is 13.6. The van der Waals surface area contributed by atoms with Crippen LogP contribution in [0.25, 0.3) is 0 Å². The van der Waals surface area contributed by atoms with E-state index in [4.69, 9.17) is 0 Å². The molecule has 0 aromatic heterocycles. The molecule has 1 N–H and O–H groups in total. The SMILES string of the molecule is Cc1cccc(N2CC(=O)NC(C)(C3CC3)C2=O)c1. The Morgan fingerprint density at radius 3 is 2.68 bits per heavy atom. The van der Waals surface area contributed by atoms with Crippen molar-refractivity contribution in [1.29, 1.82) is 0 Å². The van der Waals surface area contributed by atoms with Gasteiger partial charge in [-0.15, -0.1) is 0 Å². The van der Waals surface area contributed by atoms with Gasteiger partial charge in [0.15, 0.2) is 0 Å². The monoisotopic (exact) mass is 258 g/mol. The first-order valence-electron chi connectivity index (χ1n) is 6.70. The molecule has 0 radical (unpaired) electrons. The van der Waals surface area contributed by atoms with Crippen molar-refractivity contribution < 1.29 is 9.59 Å². The minimum absolute atomic E-state index is 0.0141. The summed E-state index contributed by atoms with van der Waals surface area (Å²) in [7, 11) is 0. The van der Waals surface area contributed by atoms with E-state index in [1.165, 1.54) is 0 Å². The summed E-state index contributed by atoms with van der Waals surface area (Å²) in [6.07, 6.45) is 2.04. The van der Waals surface area contributed by atoms with Crippen LogP contribution in [-0.2, 0) is 9.59 Å². The van der Waals surface area contributed by atoms with E-state index in [1.54, 1.807) is 4.90 Å². The van der Waals surface area contributed by atoms with Crippen LogP contribution >= 0.6 is 0 Å². The third-order valence-corrected chi connectivity index (χ3v) is 4.10. The van der Waals surface area contributed by atoms with E-state index in [2.05, 4.69) is 5.32 Å². The number of piperazine rings is 1. The number of benzene rings is 1. The highest BCUT2D eigenvalue weighted by Crippen LogP contribution is 2.42. The number of rotatable bonds is 2. The highest BCUT2D eigenvalue weighted by Gasteiger charge is 2.52. The van der Waals surface area contributed by atoms with Crippen LogP contribution in [-0.4, -0.2) is 23.9 Å². The first-order valence-corrected chi connectivity index (χ1v) is 6.70. The average molecular weight is 258 g/mol. The van der Waals surface area contributed by atoms with Crippen molar-refractivity contribution in [3.63, 3.8) is 0 Å². The summed E-state index contributed by atoms with van der Waals surface area (Å²) in [4.78, 5) is 26.2. The number of amides is 2. The molecule has 1 atom stereocenters. The number of aryl methyl sites for hydroxylation is 1. The maximum atomic E-state index is 12.7. The van der Waals surface area contributed by atoms with Crippen molar-refractivity contribution in [3.8, 4) is 0 Å². The molecule has 1 aliphatic carbocycles. The number of hydrogen-bond acceptors (Lipinski definition) is 2. The largest absolute Gasteiger partial charge is 0.340 e. The van der Waals surface area contributed by atoms with Crippen molar-refractivity contribution in [2.24, 2.45) is 5.92 Å². The van der Waals surface area contributed by atoms with Gasteiger partial charge in [0.05, 0.1) is 0 Å². The van der Waals surface area contributed by atoms with Crippen LogP contribution < -0.4 is 10.2 Å². The second-order valence-electron chi connectivity index (χ2n) is 5.76. The number of hydrogen-bond donors (Lipinski definition) is 1. The van der Waals surface area contributed by atoms with Gasteiger partial charge in [-0.1, -0.05) is 12.1 Å². The van der Waals surface area contributed by atoms with Gasteiger partial charge < -0.3 is 10.2 Å². The van der Waals surface area contributed by atoms with Gasteiger partial charge >= 0.3 is 0 Å². The molecule has 1 unspecified atom stereocenters. The predicted molar refractivity (Wildman–Crippen MR) is 72.8 cm³/mol. The molecule has 2 amide bonds. The number of carbonyl (C=O) groups excluding carboxylic acids is 2. The minimum atomic E-state index is -0.723. The smallest absolute Gasteiger partial charge is 0.253 e. The summed E-state index contributed by atoms with van der Waals surface area (Å²) < 4.78 is 0. The number of anilines is 1. The average Bonchev–Trinajstić information content (AvgIpc) is 3.18. The molecule has 1 aliphatic heterocycles. The Morgan fingerprint density at radius 1 is 1.32 bits per heavy atom. The van der Waals surface area contributed by atoms with Crippen LogP contribution in [0.4, 0.5) is 5.69 Å². The molecule has 4 nitrogen and oxygen atoms in total. The summed E-state index contributed by atoms with van der Waals surface area (Å²) in [5, 5.41) is 2.89. The van der Waals surface area contributed by atoms with Crippen LogP contribution in [0, 0.1) is 12.8 Å².